The number of hydrogen-bond acceptors (Lipinski definition) is 6. The molecule has 0 unspecified atom stereocenters. The number of carbonyl (C=O) groups is 2. The van der Waals surface area contributed by atoms with Crippen LogP contribution in [0.5, 0.6) is 0 Å². The first-order valence-corrected chi connectivity index (χ1v) is 8.73. The average molecular weight is 427 g/mol. The molecule has 8 nitrogen and oxygen atoms in total. The number of amides is 2. The van der Waals surface area contributed by atoms with Gasteiger partial charge in [0, 0.05) is 19.3 Å². The summed E-state index contributed by atoms with van der Waals surface area (Å²) < 4.78 is 14.5. The Labute approximate surface area is 154 Å². The standard InChI is InChI=1S/C14H12BrFN6O2S/c1-7(14(24)21-4-8(2-17)5-21)19-13(23)9-6-22(25-16)12-11(9)20-10(15)3-18-12/h3,6-8H,4-5H2,1H3,(H,19,23)/t7-/m1/s1. The summed E-state index contributed by atoms with van der Waals surface area (Å²) in [5.41, 5.74) is 0.553. The van der Waals surface area contributed by atoms with E-state index in [1.165, 1.54) is 17.3 Å². The minimum absolute atomic E-state index is 0.0990. The lowest BCUT2D eigenvalue weighted by Gasteiger charge is -2.37. The monoisotopic (exact) mass is 426 g/mol. The summed E-state index contributed by atoms with van der Waals surface area (Å²) in [6.07, 6.45) is 2.68. The van der Waals surface area contributed by atoms with Crippen molar-refractivity contribution in [2.24, 2.45) is 5.92 Å². The SMILES string of the molecule is C[C@@H](NC(=O)c1cn(SF)c2ncc(Br)nc12)C(=O)N1CC(C#N)C1. The number of nitrogens with one attached hydrogen (secondary N) is 1. The Hall–Kier alpha value is -2.19. The maximum absolute atomic E-state index is 13.0. The van der Waals surface area contributed by atoms with Gasteiger partial charge in [-0.25, -0.2) is 13.9 Å². The lowest BCUT2D eigenvalue weighted by Crippen LogP contribution is -2.55. The number of halogens is 2. The largest absolute Gasteiger partial charge is 0.340 e. The zero-order valence-electron chi connectivity index (χ0n) is 12.9. The average Bonchev–Trinajstić information content (AvgIpc) is 2.91. The number of nitrogens with zero attached hydrogens (tertiary/aromatic N) is 5. The molecule has 2 aromatic heterocycles. The highest BCUT2D eigenvalue weighted by molar-refractivity contribution is 9.10. The summed E-state index contributed by atoms with van der Waals surface area (Å²) in [5.74, 6) is -0.974. The number of hydrogen-bond donors (Lipinski definition) is 1. The van der Waals surface area contributed by atoms with Gasteiger partial charge in [-0.2, -0.15) is 5.26 Å². The fourth-order valence-electron chi connectivity index (χ4n) is 2.51. The van der Waals surface area contributed by atoms with Crippen molar-refractivity contribution < 1.29 is 13.5 Å². The molecule has 1 atom stereocenters. The highest BCUT2D eigenvalue weighted by Crippen LogP contribution is 2.24. The molecule has 3 heterocycles. The van der Waals surface area contributed by atoms with Crippen LogP contribution in [0.15, 0.2) is 17.0 Å². The molecule has 2 aromatic rings. The predicted octanol–water partition coefficient (Wildman–Crippen LogP) is 1.67. The Morgan fingerprint density at radius 1 is 1.56 bits per heavy atom. The van der Waals surface area contributed by atoms with Gasteiger partial charge in [-0.1, -0.05) is 0 Å². The molecular weight excluding hydrogens is 415 g/mol. The van der Waals surface area contributed by atoms with Crippen LogP contribution in [-0.2, 0) is 4.79 Å². The zero-order valence-corrected chi connectivity index (χ0v) is 15.3. The highest BCUT2D eigenvalue weighted by atomic mass is 79.9. The summed E-state index contributed by atoms with van der Waals surface area (Å²) in [6.45, 7) is 2.29. The summed E-state index contributed by atoms with van der Waals surface area (Å²) in [6, 6.07) is 1.31. The fourth-order valence-corrected chi connectivity index (χ4v) is 3.14. The van der Waals surface area contributed by atoms with Crippen molar-refractivity contribution in [2.75, 3.05) is 13.1 Å². The molecular formula is C14H12BrFN6O2S. The lowest BCUT2D eigenvalue weighted by atomic mass is 10.0. The van der Waals surface area contributed by atoms with Crippen LogP contribution in [0.3, 0.4) is 0 Å². The van der Waals surface area contributed by atoms with Crippen LogP contribution in [0.1, 0.15) is 17.3 Å². The molecule has 0 saturated carbocycles. The third-order valence-corrected chi connectivity index (χ3v) is 4.66. The van der Waals surface area contributed by atoms with Crippen LogP contribution < -0.4 is 5.32 Å². The van der Waals surface area contributed by atoms with Gasteiger partial charge >= 0.3 is 0 Å². The number of aromatic nitrogens is 3. The first kappa shape index (κ1) is 17.6. The van der Waals surface area contributed by atoms with E-state index in [4.69, 9.17) is 5.26 Å². The Morgan fingerprint density at radius 2 is 2.28 bits per heavy atom. The predicted molar refractivity (Wildman–Crippen MR) is 91.9 cm³/mol. The third-order valence-electron chi connectivity index (χ3n) is 3.85. The van der Waals surface area contributed by atoms with Crippen LogP contribution in [0.25, 0.3) is 11.2 Å². The van der Waals surface area contributed by atoms with Crippen molar-refractivity contribution >= 4 is 51.2 Å². The van der Waals surface area contributed by atoms with Gasteiger partial charge in [-0.3, -0.25) is 9.59 Å². The molecule has 2 amide bonds. The molecule has 0 spiro atoms. The van der Waals surface area contributed by atoms with E-state index in [1.54, 1.807) is 6.92 Å². The topological polar surface area (TPSA) is 104 Å². The van der Waals surface area contributed by atoms with Crippen LogP contribution in [0.2, 0.25) is 0 Å². The van der Waals surface area contributed by atoms with E-state index in [0.29, 0.717) is 17.7 Å². The number of nitriles is 1. The summed E-state index contributed by atoms with van der Waals surface area (Å²) in [4.78, 5) is 34.4. The maximum atomic E-state index is 13.0. The molecule has 1 fully saturated rings. The van der Waals surface area contributed by atoms with Crippen molar-refractivity contribution in [2.45, 2.75) is 13.0 Å². The quantitative estimate of drug-likeness (QED) is 0.797. The van der Waals surface area contributed by atoms with E-state index < -0.39 is 11.9 Å². The van der Waals surface area contributed by atoms with E-state index in [1.807, 2.05) is 0 Å². The van der Waals surface area contributed by atoms with Gasteiger partial charge < -0.3 is 10.2 Å². The van der Waals surface area contributed by atoms with E-state index in [9.17, 15) is 13.5 Å². The van der Waals surface area contributed by atoms with Crippen LogP contribution in [0.4, 0.5) is 3.89 Å². The molecule has 1 N–H and O–H groups in total. The first-order valence-electron chi connectivity index (χ1n) is 7.26. The molecule has 0 aliphatic carbocycles. The van der Waals surface area contributed by atoms with Crippen molar-refractivity contribution in [3.8, 4) is 6.07 Å². The molecule has 1 aliphatic rings. The van der Waals surface area contributed by atoms with Crippen LogP contribution >= 0.6 is 28.3 Å². The number of fused-ring (bicyclic) bond motifs is 1. The van der Waals surface area contributed by atoms with Crippen molar-refractivity contribution in [3.63, 3.8) is 0 Å². The van der Waals surface area contributed by atoms with E-state index in [0.717, 1.165) is 3.97 Å². The Morgan fingerprint density at radius 3 is 2.92 bits per heavy atom. The number of rotatable bonds is 4. The van der Waals surface area contributed by atoms with Gasteiger partial charge in [0.05, 0.1) is 23.7 Å². The molecule has 1 saturated heterocycles. The van der Waals surface area contributed by atoms with Crippen LogP contribution in [0, 0.1) is 17.2 Å². The summed E-state index contributed by atoms with van der Waals surface area (Å²) in [5, 5.41) is 11.3. The molecule has 25 heavy (non-hydrogen) atoms. The Balaban J connectivity index is 1.77. The second-order valence-electron chi connectivity index (χ2n) is 5.57. The third kappa shape index (κ3) is 3.32. The van der Waals surface area contributed by atoms with Gasteiger partial charge in [-0.05, 0) is 22.9 Å². The lowest BCUT2D eigenvalue weighted by molar-refractivity contribution is -0.137. The maximum Gasteiger partial charge on any atom is 0.255 e. The normalized spacial score (nSPS) is 15.5. The minimum Gasteiger partial charge on any atom is -0.340 e. The highest BCUT2D eigenvalue weighted by Gasteiger charge is 2.33. The van der Waals surface area contributed by atoms with Gasteiger partial charge in [0.15, 0.2) is 18.0 Å². The number of likely N-dealkylation sites (tertiary alicyclic amines) is 1. The van der Waals surface area contributed by atoms with Gasteiger partial charge in [-0.15, -0.1) is 3.89 Å². The fraction of sp³-hybridized carbons (Fsp3) is 0.357. The van der Waals surface area contributed by atoms with Crippen LogP contribution in [-0.4, -0.2) is 49.8 Å². The molecule has 0 radical (unpaired) electrons. The van der Waals surface area contributed by atoms with E-state index in [2.05, 4.69) is 37.3 Å². The summed E-state index contributed by atoms with van der Waals surface area (Å²) in [7, 11) is 0. The number of carbonyl (C=O) groups excluding carboxylic acids is 2. The summed E-state index contributed by atoms with van der Waals surface area (Å²) >= 11 is 3.07. The second-order valence-corrected chi connectivity index (χ2v) is 6.91. The smallest absolute Gasteiger partial charge is 0.255 e. The molecule has 11 heteroatoms. The molecule has 1 aliphatic heterocycles. The van der Waals surface area contributed by atoms with Gasteiger partial charge in [0.1, 0.15) is 16.2 Å². The van der Waals surface area contributed by atoms with E-state index in [-0.39, 0.29) is 40.9 Å². The Bertz CT molecular complexity index is 891. The van der Waals surface area contributed by atoms with Crippen molar-refractivity contribution in [1.82, 2.24) is 24.2 Å². The van der Waals surface area contributed by atoms with Gasteiger partial charge in [0.2, 0.25) is 5.91 Å². The van der Waals surface area contributed by atoms with Crippen molar-refractivity contribution in [1.29, 1.82) is 5.26 Å². The molecule has 0 aromatic carbocycles. The molecule has 130 valence electrons. The minimum atomic E-state index is -0.774. The van der Waals surface area contributed by atoms with Crippen molar-refractivity contribution in [3.05, 3.63) is 22.6 Å². The molecule has 3 rings (SSSR count). The van der Waals surface area contributed by atoms with Gasteiger partial charge in [0.25, 0.3) is 5.91 Å². The Kier molecular flexibility index (Phi) is 4.91. The first-order chi connectivity index (χ1) is 11.9. The molecule has 0 bridgehead atoms. The van der Waals surface area contributed by atoms with E-state index >= 15 is 0 Å². The zero-order chi connectivity index (χ0) is 18.1. The second kappa shape index (κ2) is 6.97.